The Kier molecular flexibility index (Phi) is 4.49. The summed E-state index contributed by atoms with van der Waals surface area (Å²) >= 11 is 1.27. The summed E-state index contributed by atoms with van der Waals surface area (Å²) in [5.41, 5.74) is 0.733. The second kappa shape index (κ2) is 6.55. The third-order valence-electron chi connectivity index (χ3n) is 5.38. The minimum Gasteiger partial charge on any atom is -0.352 e. The highest BCUT2D eigenvalue weighted by molar-refractivity contribution is 7.17. The predicted octanol–water partition coefficient (Wildman–Crippen LogP) is 3.90. The molecule has 3 aliphatic carbocycles. The van der Waals surface area contributed by atoms with Crippen LogP contribution in [0.15, 0.2) is 0 Å². The van der Waals surface area contributed by atoms with Crippen LogP contribution in [0.3, 0.4) is 0 Å². The van der Waals surface area contributed by atoms with Crippen molar-refractivity contribution in [1.82, 2.24) is 5.32 Å². The number of carbonyl (C=O) groups is 2. The third-order valence-corrected chi connectivity index (χ3v) is 6.59. The van der Waals surface area contributed by atoms with Gasteiger partial charge in [0.1, 0.15) is 5.00 Å². The minimum absolute atomic E-state index is 0.0283. The molecule has 0 spiro atoms. The first-order chi connectivity index (χ1) is 12.3. The van der Waals surface area contributed by atoms with Gasteiger partial charge in [-0.2, -0.15) is 13.2 Å². The molecular formula is C18H21F3N2O2S. The first-order valence-electron chi connectivity index (χ1n) is 9.13. The lowest BCUT2D eigenvalue weighted by Crippen LogP contribution is -2.31. The number of hydrogen-bond donors (Lipinski definition) is 2. The van der Waals surface area contributed by atoms with Gasteiger partial charge in [0, 0.05) is 17.3 Å². The van der Waals surface area contributed by atoms with E-state index in [0.717, 1.165) is 30.6 Å². The van der Waals surface area contributed by atoms with Crippen LogP contribution in [0.2, 0.25) is 0 Å². The van der Waals surface area contributed by atoms with Crippen LogP contribution in [-0.4, -0.2) is 24.5 Å². The molecule has 2 N–H and O–H groups in total. The summed E-state index contributed by atoms with van der Waals surface area (Å²) in [5, 5.41) is 6.07. The summed E-state index contributed by atoms with van der Waals surface area (Å²) < 4.78 is 39.6. The predicted molar refractivity (Wildman–Crippen MR) is 92.3 cm³/mol. The Labute approximate surface area is 153 Å². The Hall–Kier alpha value is -1.57. The molecule has 0 aromatic carbocycles. The smallest absolute Gasteiger partial charge is 0.352 e. The average molecular weight is 386 g/mol. The molecule has 2 amide bonds. The molecule has 26 heavy (non-hydrogen) atoms. The first kappa shape index (κ1) is 17.8. The number of aryl methyl sites for hydroxylation is 1. The molecule has 4 rings (SSSR count). The standard InChI is InChI=1S/C18H21F3N2O2S/c19-18(20,21)11-5-6-13-12(7-11)14(16(25)22-8-9-1-2-9)17(26-13)23-15(24)10-3-4-10/h9-11H,1-8H2,(H,22,25)(H,23,24). The van der Waals surface area contributed by atoms with Gasteiger partial charge in [0.05, 0.1) is 11.5 Å². The quantitative estimate of drug-likeness (QED) is 0.806. The largest absolute Gasteiger partial charge is 0.392 e. The summed E-state index contributed by atoms with van der Waals surface area (Å²) in [5.74, 6) is -1.47. The number of halogens is 3. The maximum atomic E-state index is 13.2. The Bertz CT molecular complexity index is 736. The Morgan fingerprint density at radius 3 is 2.46 bits per heavy atom. The second-order valence-corrected chi connectivity index (χ2v) is 8.71. The molecule has 1 aromatic rings. The molecule has 0 aliphatic heterocycles. The van der Waals surface area contributed by atoms with Crippen LogP contribution < -0.4 is 10.6 Å². The highest BCUT2D eigenvalue weighted by Crippen LogP contribution is 2.44. The van der Waals surface area contributed by atoms with Gasteiger partial charge in [-0.05, 0) is 56.4 Å². The maximum absolute atomic E-state index is 13.2. The highest BCUT2D eigenvalue weighted by atomic mass is 32.1. The molecule has 1 heterocycles. The highest BCUT2D eigenvalue weighted by Gasteiger charge is 2.43. The number of amides is 2. The lowest BCUT2D eigenvalue weighted by molar-refractivity contribution is -0.177. The lowest BCUT2D eigenvalue weighted by atomic mass is 9.86. The summed E-state index contributed by atoms with van der Waals surface area (Å²) in [6, 6.07) is 0. The van der Waals surface area contributed by atoms with E-state index in [2.05, 4.69) is 10.6 Å². The zero-order chi connectivity index (χ0) is 18.5. The monoisotopic (exact) mass is 386 g/mol. The fourth-order valence-corrected chi connectivity index (χ4v) is 4.64. The number of fused-ring (bicyclic) bond motifs is 1. The van der Waals surface area contributed by atoms with Gasteiger partial charge in [-0.15, -0.1) is 11.3 Å². The summed E-state index contributed by atoms with van der Waals surface area (Å²) in [6.07, 6.45) is -0.304. The van der Waals surface area contributed by atoms with Crippen LogP contribution in [0.4, 0.5) is 18.2 Å². The topological polar surface area (TPSA) is 58.2 Å². The van der Waals surface area contributed by atoms with E-state index in [4.69, 9.17) is 0 Å². The van der Waals surface area contributed by atoms with Crippen LogP contribution in [0, 0.1) is 17.8 Å². The van der Waals surface area contributed by atoms with E-state index >= 15 is 0 Å². The third kappa shape index (κ3) is 3.75. The van der Waals surface area contributed by atoms with Crippen LogP contribution in [0.25, 0.3) is 0 Å². The van der Waals surface area contributed by atoms with Crippen molar-refractivity contribution in [3.63, 3.8) is 0 Å². The summed E-state index contributed by atoms with van der Waals surface area (Å²) in [7, 11) is 0. The van der Waals surface area contributed by atoms with E-state index in [-0.39, 0.29) is 36.1 Å². The van der Waals surface area contributed by atoms with Crippen molar-refractivity contribution in [2.24, 2.45) is 17.8 Å². The molecule has 0 radical (unpaired) electrons. The number of rotatable bonds is 5. The van der Waals surface area contributed by atoms with Gasteiger partial charge < -0.3 is 10.6 Å². The van der Waals surface area contributed by atoms with Crippen LogP contribution in [0.5, 0.6) is 0 Å². The van der Waals surface area contributed by atoms with E-state index in [9.17, 15) is 22.8 Å². The van der Waals surface area contributed by atoms with E-state index in [1.54, 1.807) is 0 Å². The molecular weight excluding hydrogens is 365 g/mol. The fourth-order valence-electron chi connectivity index (χ4n) is 3.40. The zero-order valence-electron chi connectivity index (χ0n) is 14.2. The van der Waals surface area contributed by atoms with E-state index in [0.29, 0.717) is 29.4 Å². The molecule has 4 nitrogen and oxygen atoms in total. The molecule has 1 atom stereocenters. The zero-order valence-corrected chi connectivity index (χ0v) is 15.1. The number of anilines is 1. The maximum Gasteiger partial charge on any atom is 0.392 e. The van der Waals surface area contributed by atoms with Crippen LogP contribution in [0.1, 0.15) is 52.9 Å². The Morgan fingerprint density at radius 1 is 1.12 bits per heavy atom. The van der Waals surface area contributed by atoms with Gasteiger partial charge in [0.15, 0.2) is 0 Å². The van der Waals surface area contributed by atoms with Gasteiger partial charge >= 0.3 is 6.18 Å². The number of carbonyl (C=O) groups excluding carboxylic acids is 2. The SMILES string of the molecule is O=C(NCC1CC1)c1c(NC(=O)C2CC2)sc2c1CC(C(F)(F)F)CC2. The van der Waals surface area contributed by atoms with Gasteiger partial charge in [-0.25, -0.2) is 0 Å². The number of thiophene rings is 1. The number of hydrogen-bond acceptors (Lipinski definition) is 3. The van der Waals surface area contributed by atoms with Crippen LogP contribution in [-0.2, 0) is 17.6 Å². The normalized spacial score (nSPS) is 22.7. The van der Waals surface area contributed by atoms with E-state index in [1.165, 1.54) is 11.3 Å². The molecule has 1 unspecified atom stereocenters. The lowest BCUT2D eigenvalue weighted by Gasteiger charge is -2.25. The van der Waals surface area contributed by atoms with Crippen molar-refractivity contribution in [3.05, 3.63) is 16.0 Å². The van der Waals surface area contributed by atoms with Crippen molar-refractivity contribution in [3.8, 4) is 0 Å². The minimum atomic E-state index is -4.27. The van der Waals surface area contributed by atoms with Gasteiger partial charge in [0.2, 0.25) is 5.91 Å². The molecule has 8 heteroatoms. The fraction of sp³-hybridized carbons (Fsp3) is 0.667. The molecule has 142 valence electrons. The molecule has 0 saturated heterocycles. The van der Waals surface area contributed by atoms with Gasteiger partial charge in [-0.1, -0.05) is 0 Å². The molecule has 2 fully saturated rings. The van der Waals surface area contributed by atoms with Crippen molar-refractivity contribution in [1.29, 1.82) is 0 Å². The molecule has 3 aliphatic rings. The van der Waals surface area contributed by atoms with Crippen molar-refractivity contribution in [2.45, 2.75) is 51.1 Å². The number of alkyl halides is 3. The van der Waals surface area contributed by atoms with Gasteiger partial charge in [0.25, 0.3) is 5.91 Å². The molecule has 0 bridgehead atoms. The van der Waals surface area contributed by atoms with Crippen LogP contribution >= 0.6 is 11.3 Å². The Morgan fingerprint density at radius 2 is 1.85 bits per heavy atom. The Balaban J connectivity index is 1.61. The van der Waals surface area contributed by atoms with E-state index < -0.39 is 12.1 Å². The summed E-state index contributed by atoms with van der Waals surface area (Å²) in [4.78, 5) is 25.7. The van der Waals surface area contributed by atoms with E-state index in [1.807, 2.05) is 0 Å². The average Bonchev–Trinajstić information content (AvgIpc) is 3.47. The van der Waals surface area contributed by atoms with Gasteiger partial charge in [-0.3, -0.25) is 9.59 Å². The van der Waals surface area contributed by atoms with Crippen molar-refractivity contribution < 1.29 is 22.8 Å². The molecule has 1 aromatic heterocycles. The first-order valence-corrected chi connectivity index (χ1v) is 9.95. The van der Waals surface area contributed by atoms with Crippen molar-refractivity contribution in [2.75, 3.05) is 11.9 Å². The molecule has 2 saturated carbocycles. The second-order valence-electron chi connectivity index (χ2n) is 7.61. The van der Waals surface area contributed by atoms with Crippen molar-refractivity contribution >= 4 is 28.2 Å². The summed E-state index contributed by atoms with van der Waals surface area (Å²) in [6.45, 7) is 0.544. The number of nitrogens with one attached hydrogen (secondary N) is 2.